The standard InChI is InChI=1S/C31H30N2O4/c1-3-4-16-33-28(24-18-32-25-13-9-8-12-23(24)25)27(30(35)31(33)36)29(34)22-14-15-26(20(2)17-22)37-19-21-10-6-5-7-11-21/h5-15,17-18,28,32,34H,3-4,16,19H2,1-2H3/b29-27+. The van der Waals surface area contributed by atoms with Crippen LogP contribution in [0, 0.1) is 6.92 Å². The summed E-state index contributed by atoms with van der Waals surface area (Å²) in [4.78, 5) is 31.3. The first-order valence-corrected chi connectivity index (χ1v) is 12.6. The second kappa shape index (κ2) is 10.3. The van der Waals surface area contributed by atoms with Crippen molar-refractivity contribution in [2.24, 2.45) is 0 Å². The third-order valence-electron chi connectivity index (χ3n) is 6.89. The number of fused-ring (bicyclic) bond motifs is 1. The van der Waals surface area contributed by atoms with Gasteiger partial charge >= 0.3 is 0 Å². The molecule has 0 saturated carbocycles. The van der Waals surface area contributed by atoms with Crippen LogP contribution in [0.15, 0.2) is 84.6 Å². The number of nitrogens with zero attached hydrogens (tertiary/aromatic N) is 1. The van der Waals surface area contributed by atoms with Crippen LogP contribution in [0.5, 0.6) is 5.75 Å². The van der Waals surface area contributed by atoms with E-state index in [9.17, 15) is 14.7 Å². The predicted molar refractivity (Wildman–Crippen MR) is 144 cm³/mol. The third kappa shape index (κ3) is 4.62. The summed E-state index contributed by atoms with van der Waals surface area (Å²) in [6.07, 6.45) is 3.48. The maximum atomic E-state index is 13.3. The Morgan fingerprint density at radius 2 is 1.78 bits per heavy atom. The largest absolute Gasteiger partial charge is 0.507 e. The zero-order valence-corrected chi connectivity index (χ0v) is 21.0. The number of ketones is 1. The van der Waals surface area contributed by atoms with Gasteiger partial charge in [0.15, 0.2) is 0 Å². The number of aromatic nitrogens is 1. The number of carbonyl (C=O) groups is 2. The number of para-hydroxylation sites is 1. The number of H-pyrrole nitrogens is 1. The molecule has 6 heteroatoms. The summed E-state index contributed by atoms with van der Waals surface area (Å²) in [5.74, 6) is -0.724. The number of aromatic amines is 1. The van der Waals surface area contributed by atoms with E-state index >= 15 is 0 Å². The van der Waals surface area contributed by atoms with Gasteiger partial charge in [0.25, 0.3) is 11.7 Å². The molecule has 3 aromatic carbocycles. The quantitative estimate of drug-likeness (QED) is 0.172. The van der Waals surface area contributed by atoms with Crippen LogP contribution in [0.2, 0.25) is 0 Å². The van der Waals surface area contributed by atoms with Gasteiger partial charge in [-0.15, -0.1) is 0 Å². The number of nitrogens with one attached hydrogen (secondary N) is 1. The zero-order chi connectivity index (χ0) is 25.9. The van der Waals surface area contributed by atoms with E-state index in [4.69, 9.17) is 4.74 Å². The number of unbranched alkanes of at least 4 members (excludes halogenated alkanes) is 1. The number of likely N-dealkylation sites (tertiary alicyclic amines) is 1. The predicted octanol–water partition coefficient (Wildman–Crippen LogP) is 6.28. The van der Waals surface area contributed by atoms with Crippen LogP contribution in [0.1, 0.15) is 48.1 Å². The van der Waals surface area contributed by atoms with Gasteiger partial charge in [-0.2, -0.15) is 0 Å². The Morgan fingerprint density at radius 1 is 1.03 bits per heavy atom. The lowest BCUT2D eigenvalue weighted by Crippen LogP contribution is -2.30. The average Bonchev–Trinajstić information content (AvgIpc) is 3.45. The van der Waals surface area contributed by atoms with Crippen molar-refractivity contribution in [1.29, 1.82) is 0 Å². The zero-order valence-electron chi connectivity index (χ0n) is 21.0. The van der Waals surface area contributed by atoms with Crippen molar-refractivity contribution in [1.82, 2.24) is 9.88 Å². The SMILES string of the molecule is CCCCN1C(=O)C(=O)/C(=C(/O)c2ccc(OCc3ccccc3)c(C)c2)C1c1c[nH]c2ccccc12. The van der Waals surface area contributed by atoms with Gasteiger partial charge in [-0.3, -0.25) is 9.59 Å². The topological polar surface area (TPSA) is 82.6 Å². The minimum absolute atomic E-state index is 0.114. The van der Waals surface area contributed by atoms with Gasteiger partial charge in [-0.05, 0) is 48.7 Å². The molecule has 1 fully saturated rings. The van der Waals surface area contributed by atoms with Crippen LogP contribution in [-0.2, 0) is 16.2 Å². The number of aryl methyl sites for hydroxylation is 1. The highest BCUT2D eigenvalue weighted by atomic mass is 16.5. The molecular formula is C31H30N2O4. The van der Waals surface area contributed by atoms with Crippen LogP contribution in [0.3, 0.4) is 0 Å². The number of hydrogen-bond donors (Lipinski definition) is 2. The van der Waals surface area contributed by atoms with Crippen LogP contribution in [0.25, 0.3) is 16.7 Å². The number of hydrogen-bond acceptors (Lipinski definition) is 4. The molecular weight excluding hydrogens is 464 g/mol. The highest BCUT2D eigenvalue weighted by Gasteiger charge is 2.46. The molecule has 1 unspecified atom stereocenters. The Morgan fingerprint density at radius 3 is 2.54 bits per heavy atom. The summed E-state index contributed by atoms with van der Waals surface area (Å²) < 4.78 is 5.98. The molecule has 0 aliphatic carbocycles. The molecule has 1 aromatic heterocycles. The number of amides is 1. The second-order valence-electron chi connectivity index (χ2n) is 9.39. The van der Waals surface area contributed by atoms with Crippen LogP contribution in [-0.4, -0.2) is 33.2 Å². The van der Waals surface area contributed by atoms with E-state index in [2.05, 4.69) is 4.98 Å². The maximum Gasteiger partial charge on any atom is 0.295 e. The van der Waals surface area contributed by atoms with E-state index < -0.39 is 17.7 Å². The van der Waals surface area contributed by atoms with E-state index in [1.165, 1.54) is 0 Å². The van der Waals surface area contributed by atoms with Crippen LogP contribution in [0.4, 0.5) is 0 Å². The van der Waals surface area contributed by atoms with Crippen molar-refractivity contribution >= 4 is 28.4 Å². The van der Waals surface area contributed by atoms with Gasteiger partial charge in [-0.1, -0.05) is 61.9 Å². The molecule has 188 valence electrons. The summed E-state index contributed by atoms with van der Waals surface area (Å²) in [6, 6.07) is 22.3. The number of benzene rings is 3. The number of rotatable bonds is 8. The summed E-state index contributed by atoms with van der Waals surface area (Å²) in [6.45, 7) is 4.80. The Hall–Kier alpha value is -4.32. The molecule has 4 aromatic rings. The number of ether oxygens (including phenoxy) is 1. The van der Waals surface area contributed by atoms with Crippen molar-refractivity contribution in [2.45, 2.75) is 39.3 Å². The number of aliphatic hydroxyl groups is 1. The molecule has 37 heavy (non-hydrogen) atoms. The van der Waals surface area contributed by atoms with Crippen molar-refractivity contribution < 1.29 is 19.4 Å². The lowest BCUT2D eigenvalue weighted by Gasteiger charge is -2.24. The first-order chi connectivity index (χ1) is 18.0. The molecule has 2 N–H and O–H groups in total. The number of carbonyl (C=O) groups excluding carboxylic acids is 2. The third-order valence-corrected chi connectivity index (χ3v) is 6.89. The summed E-state index contributed by atoms with van der Waals surface area (Å²) in [5.41, 5.74) is 4.18. The molecule has 1 atom stereocenters. The normalized spacial score (nSPS) is 17.0. The Balaban J connectivity index is 1.54. The first-order valence-electron chi connectivity index (χ1n) is 12.6. The molecule has 1 saturated heterocycles. The van der Waals surface area contributed by atoms with Gasteiger partial charge in [0, 0.05) is 34.8 Å². The lowest BCUT2D eigenvalue weighted by atomic mass is 9.94. The highest BCUT2D eigenvalue weighted by molar-refractivity contribution is 6.46. The van der Waals surface area contributed by atoms with Crippen molar-refractivity contribution in [3.63, 3.8) is 0 Å². The first kappa shape index (κ1) is 24.4. The average molecular weight is 495 g/mol. The summed E-state index contributed by atoms with van der Waals surface area (Å²) >= 11 is 0. The van der Waals surface area contributed by atoms with Crippen LogP contribution < -0.4 is 4.74 Å². The molecule has 1 aliphatic heterocycles. The van der Waals surface area contributed by atoms with Gasteiger partial charge < -0.3 is 19.7 Å². The molecule has 0 radical (unpaired) electrons. The smallest absolute Gasteiger partial charge is 0.295 e. The van der Waals surface area contributed by atoms with Gasteiger partial charge in [0.2, 0.25) is 0 Å². The number of Topliss-reactive ketones (excluding diaryl/α,β-unsaturated/α-hetero) is 1. The summed E-state index contributed by atoms with van der Waals surface area (Å²) in [5, 5.41) is 12.4. The Bertz CT molecular complexity index is 1490. The van der Waals surface area contributed by atoms with E-state index in [0.717, 1.165) is 40.4 Å². The van der Waals surface area contributed by atoms with E-state index in [0.29, 0.717) is 24.5 Å². The monoisotopic (exact) mass is 494 g/mol. The van der Waals surface area contributed by atoms with Gasteiger partial charge in [0.05, 0.1) is 11.6 Å². The minimum atomic E-state index is -0.669. The minimum Gasteiger partial charge on any atom is -0.507 e. The van der Waals surface area contributed by atoms with Crippen molar-refractivity contribution in [3.05, 3.63) is 107 Å². The molecule has 0 spiro atoms. The molecule has 1 amide bonds. The molecule has 5 rings (SSSR count). The number of aliphatic hydroxyl groups excluding tert-OH is 1. The van der Waals surface area contributed by atoms with Crippen molar-refractivity contribution in [2.75, 3.05) is 6.54 Å². The fourth-order valence-corrected chi connectivity index (χ4v) is 4.93. The van der Waals surface area contributed by atoms with Gasteiger partial charge in [-0.25, -0.2) is 0 Å². The Kier molecular flexibility index (Phi) is 6.82. The highest BCUT2D eigenvalue weighted by Crippen LogP contribution is 2.42. The van der Waals surface area contributed by atoms with Crippen LogP contribution >= 0.6 is 0 Å². The van der Waals surface area contributed by atoms with E-state index in [1.54, 1.807) is 23.1 Å². The van der Waals surface area contributed by atoms with Gasteiger partial charge in [0.1, 0.15) is 18.1 Å². The van der Waals surface area contributed by atoms with Crippen molar-refractivity contribution in [3.8, 4) is 5.75 Å². The molecule has 6 nitrogen and oxygen atoms in total. The Labute approximate surface area is 216 Å². The van der Waals surface area contributed by atoms with E-state index in [-0.39, 0.29) is 11.3 Å². The summed E-state index contributed by atoms with van der Waals surface area (Å²) in [7, 11) is 0. The fraction of sp³-hybridized carbons (Fsp3) is 0.226. The molecule has 2 heterocycles. The fourth-order valence-electron chi connectivity index (χ4n) is 4.93. The lowest BCUT2D eigenvalue weighted by molar-refractivity contribution is -0.139. The molecule has 1 aliphatic rings. The second-order valence-corrected chi connectivity index (χ2v) is 9.39. The molecule has 0 bridgehead atoms. The maximum absolute atomic E-state index is 13.3. The van der Waals surface area contributed by atoms with E-state index in [1.807, 2.05) is 74.6 Å².